The van der Waals surface area contributed by atoms with Crippen LogP contribution >= 0.6 is 23.1 Å². The van der Waals surface area contributed by atoms with Crippen LogP contribution in [0, 0.1) is 0 Å². The van der Waals surface area contributed by atoms with Crippen molar-refractivity contribution in [3.05, 3.63) is 48.3 Å². The third kappa shape index (κ3) is 2.84. The summed E-state index contributed by atoms with van der Waals surface area (Å²) in [5, 5.41) is 16.7. The van der Waals surface area contributed by atoms with E-state index in [4.69, 9.17) is 5.10 Å². The van der Waals surface area contributed by atoms with Gasteiger partial charge in [-0.2, -0.15) is 21.4 Å². The van der Waals surface area contributed by atoms with Gasteiger partial charge in [-0.1, -0.05) is 54.7 Å². The molecular weight excluding hydrogens is 324 g/mol. The highest BCUT2D eigenvalue weighted by atomic mass is 32.2. The minimum atomic E-state index is 0.857. The Morgan fingerprint density at radius 2 is 1.96 bits per heavy atom. The van der Waals surface area contributed by atoms with Crippen LogP contribution in [-0.2, 0) is 5.75 Å². The Hall–Kier alpha value is -1.92. The second kappa shape index (κ2) is 6.29. The zero-order valence-corrected chi connectivity index (χ0v) is 14.4. The molecule has 0 aliphatic heterocycles. The van der Waals surface area contributed by atoms with Crippen LogP contribution in [0.15, 0.2) is 42.5 Å². The lowest BCUT2D eigenvalue weighted by molar-refractivity contribution is 0.887. The van der Waals surface area contributed by atoms with Crippen molar-refractivity contribution in [2.45, 2.75) is 19.1 Å². The molecule has 0 aliphatic carbocycles. The lowest BCUT2D eigenvalue weighted by atomic mass is 10.1. The van der Waals surface area contributed by atoms with Crippen LogP contribution in [0.5, 0.6) is 0 Å². The molecule has 0 atom stereocenters. The second-order valence-electron chi connectivity index (χ2n) is 5.33. The average Bonchev–Trinajstić information content (AvgIpc) is 3.16. The number of aromatic nitrogens is 4. The molecule has 0 fully saturated rings. The minimum Gasteiger partial charge on any atom is -0.186 e. The summed E-state index contributed by atoms with van der Waals surface area (Å²) in [6.45, 7) is 2.19. The molecule has 4 rings (SSSR count). The quantitative estimate of drug-likeness (QED) is 0.496. The van der Waals surface area contributed by atoms with E-state index in [0.29, 0.717) is 0 Å². The van der Waals surface area contributed by atoms with Crippen LogP contribution in [0.1, 0.15) is 19.2 Å². The molecule has 0 saturated heterocycles. The SMILES string of the molecule is CCCSCc1nnc2sc(-c3ccc4ccccc4c3)nn12. The standard InChI is InChI=1S/C17H16N4S2/c1-2-9-22-11-15-18-19-17-21(15)20-16(23-17)14-8-7-12-5-3-4-6-13(12)10-14/h3-8,10H,2,9,11H2,1H3. The Bertz CT molecular complexity index is 957. The molecule has 0 bridgehead atoms. The monoisotopic (exact) mass is 340 g/mol. The minimum absolute atomic E-state index is 0.857. The molecule has 0 unspecified atom stereocenters. The molecule has 2 heterocycles. The molecule has 23 heavy (non-hydrogen) atoms. The van der Waals surface area contributed by atoms with E-state index in [-0.39, 0.29) is 0 Å². The van der Waals surface area contributed by atoms with E-state index in [9.17, 15) is 0 Å². The molecule has 116 valence electrons. The van der Waals surface area contributed by atoms with Crippen molar-refractivity contribution in [2.24, 2.45) is 0 Å². The second-order valence-corrected chi connectivity index (χ2v) is 7.39. The van der Waals surface area contributed by atoms with Crippen molar-refractivity contribution >= 4 is 38.8 Å². The van der Waals surface area contributed by atoms with Gasteiger partial charge in [0.2, 0.25) is 4.96 Å². The highest BCUT2D eigenvalue weighted by Crippen LogP contribution is 2.28. The predicted molar refractivity (Wildman–Crippen MR) is 98.1 cm³/mol. The predicted octanol–water partition coefficient (Wildman–Crippen LogP) is 4.65. The summed E-state index contributed by atoms with van der Waals surface area (Å²) in [4.78, 5) is 0.861. The molecule has 0 radical (unpaired) electrons. The Morgan fingerprint density at radius 3 is 2.83 bits per heavy atom. The number of thioether (sulfide) groups is 1. The summed E-state index contributed by atoms with van der Waals surface area (Å²) in [6.07, 6.45) is 1.17. The maximum absolute atomic E-state index is 4.73. The van der Waals surface area contributed by atoms with Crippen LogP contribution in [0.3, 0.4) is 0 Å². The number of fused-ring (bicyclic) bond motifs is 2. The molecule has 4 nitrogen and oxygen atoms in total. The summed E-state index contributed by atoms with van der Waals surface area (Å²) in [5.74, 6) is 2.92. The van der Waals surface area contributed by atoms with Gasteiger partial charge in [0.25, 0.3) is 0 Å². The van der Waals surface area contributed by atoms with E-state index in [1.54, 1.807) is 11.3 Å². The average molecular weight is 340 g/mol. The first-order valence-electron chi connectivity index (χ1n) is 7.63. The lowest BCUT2D eigenvalue weighted by Crippen LogP contribution is -1.94. The molecule has 0 spiro atoms. The van der Waals surface area contributed by atoms with Gasteiger partial charge in [0.1, 0.15) is 5.01 Å². The number of hydrogen-bond donors (Lipinski definition) is 0. The van der Waals surface area contributed by atoms with Gasteiger partial charge in [0, 0.05) is 5.56 Å². The maximum atomic E-state index is 4.73. The topological polar surface area (TPSA) is 43.1 Å². The van der Waals surface area contributed by atoms with E-state index in [0.717, 1.165) is 32.9 Å². The number of nitrogens with zero attached hydrogens (tertiary/aromatic N) is 4. The molecule has 6 heteroatoms. The smallest absolute Gasteiger partial charge is 0.186 e. The summed E-state index contributed by atoms with van der Waals surface area (Å²) in [7, 11) is 0. The normalized spacial score (nSPS) is 11.5. The Kier molecular flexibility index (Phi) is 4.01. The van der Waals surface area contributed by atoms with Crippen molar-refractivity contribution < 1.29 is 0 Å². The summed E-state index contributed by atoms with van der Waals surface area (Å²) in [6, 6.07) is 14.8. The fourth-order valence-electron chi connectivity index (χ4n) is 2.49. The zero-order chi connectivity index (χ0) is 15.6. The molecule has 4 aromatic rings. The number of hydrogen-bond acceptors (Lipinski definition) is 5. The number of benzene rings is 2. The summed E-state index contributed by atoms with van der Waals surface area (Å²) in [5.41, 5.74) is 1.13. The third-order valence-corrected chi connectivity index (χ3v) is 5.74. The first kappa shape index (κ1) is 14.7. The van der Waals surface area contributed by atoms with Crippen LogP contribution < -0.4 is 0 Å². The van der Waals surface area contributed by atoms with Crippen LogP contribution in [0.25, 0.3) is 26.3 Å². The van der Waals surface area contributed by atoms with Crippen molar-refractivity contribution in [3.8, 4) is 10.6 Å². The van der Waals surface area contributed by atoms with Crippen molar-refractivity contribution in [2.75, 3.05) is 5.75 Å². The van der Waals surface area contributed by atoms with Crippen LogP contribution in [0.2, 0.25) is 0 Å². The van der Waals surface area contributed by atoms with Crippen LogP contribution in [0.4, 0.5) is 0 Å². The highest BCUT2D eigenvalue weighted by Gasteiger charge is 2.13. The number of rotatable bonds is 5. The van der Waals surface area contributed by atoms with Gasteiger partial charge in [-0.3, -0.25) is 0 Å². The third-order valence-electron chi connectivity index (χ3n) is 3.63. The van der Waals surface area contributed by atoms with Gasteiger partial charge in [0.15, 0.2) is 5.82 Å². The summed E-state index contributed by atoms with van der Waals surface area (Å²) >= 11 is 3.46. The van der Waals surface area contributed by atoms with Crippen molar-refractivity contribution in [3.63, 3.8) is 0 Å². The fourth-order valence-corrected chi connectivity index (χ4v) is 4.14. The van der Waals surface area contributed by atoms with Crippen molar-refractivity contribution in [1.29, 1.82) is 0 Å². The molecule has 0 amide bonds. The fraction of sp³-hybridized carbons (Fsp3) is 0.235. The van der Waals surface area contributed by atoms with E-state index in [1.807, 2.05) is 16.3 Å². The highest BCUT2D eigenvalue weighted by molar-refractivity contribution is 7.98. The van der Waals surface area contributed by atoms with Gasteiger partial charge in [-0.05, 0) is 29.0 Å². The van der Waals surface area contributed by atoms with E-state index >= 15 is 0 Å². The molecule has 2 aromatic heterocycles. The molecular formula is C17H16N4S2. The first-order valence-corrected chi connectivity index (χ1v) is 9.60. The van der Waals surface area contributed by atoms with Gasteiger partial charge in [-0.15, -0.1) is 10.2 Å². The molecule has 0 aliphatic rings. The van der Waals surface area contributed by atoms with E-state index in [2.05, 4.69) is 59.6 Å². The van der Waals surface area contributed by atoms with E-state index < -0.39 is 0 Å². The summed E-state index contributed by atoms with van der Waals surface area (Å²) < 4.78 is 1.89. The Morgan fingerprint density at radius 1 is 1.09 bits per heavy atom. The van der Waals surface area contributed by atoms with Gasteiger partial charge in [-0.25, -0.2) is 0 Å². The Labute approximate surface area is 142 Å². The van der Waals surface area contributed by atoms with Gasteiger partial charge in [0.05, 0.1) is 5.75 Å². The van der Waals surface area contributed by atoms with Gasteiger partial charge >= 0.3 is 0 Å². The van der Waals surface area contributed by atoms with Gasteiger partial charge < -0.3 is 0 Å². The van der Waals surface area contributed by atoms with E-state index in [1.165, 1.54) is 17.2 Å². The first-order chi connectivity index (χ1) is 11.3. The van der Waals surface area contributed by atoms with Crippen LogP contribution in [-0.4, -0.2) is 25.6 Å². The Balaban J connectivity index is 1.70. The van der Waals surface area contributed by atoms with Crippen molar-refractivity contribution in [1.82, 2.24) is 19.8 Å². The molecule has 0 N–H and O–H groups in total. The largest absolute Gasteiger partial charge is 0.235 e. The lowest BCUT2D eigenvalue weighted by Gasteiger charge is -2.00. The maximum Gasteiger partial charge on any atom is 0.235 e. The molecule has 0 saturated carbocycles. The molecule has 2 aromatic carbocycles. The zero-order valence-electron chi connectivity index (χ0n) is 12.8.